The number of carbonyl (C=O) groups excluding carboxylic acids is 1. The van der Waals surface area contributed by atoms with Crippen LogP contribution in [-0.4, -0.2) is 17.1 Å². The molecule has 0 saturated heterocycles. The van der Waals surface area contributed by atoms with E-state index in [1.165, 1.54) is 16.3 Å². The van der Waals surface area contributed by atoms with Crippen molar-refractivity contribution < 1.29 is 9.90 Å². The molecule has 2 aromatic rings. The molecule has 122 valence electrons. The number of rotatable bonds is 4. The largest absolute Gasteiger partial charge is 0.393 e. The van der Waals surface area contributed by atoms with Crippen molar-refractivity contribution in [2.75, 3.05) is 0 Å². The van der Waals surface area contributed by atoms with Crippen molar-refractivity contribution in [3.05, 3.63) is 48.0 Å². The number of carbonyl (C=O) groups is 1. The van der Waals surface area contributed by atoms with Gasteiger partial charge in [-0.1, -0.05) is 49.4 Å². The van der Waals surface area contributed by atoms with Crippen LogP contribution in [0.15, 0.2) is 42.5 Å². The van der Waals surface area contributed by atoms with Gasteiger partial charge in [0.1, 0.15) is 0 Å². The van der Waals surface area contributed by atoms with E-state index in [2.05, 4.69) is 42.6 Å². The van der Waals surface area contributed by atoms with Crippen LogP contribution in [0.3, 0.4) is 0 Å². The van der Waals surface area contributed by atoms with Gasteiger partial charge in [-0.05, 0) is 48.4 Å². The molecule has 1 fully saturated rings. The molecule has 3 heteroatoms. The third-order valence-electron chi connectivity index (χ3n) is 4.99. The Hall–Kier alpha value is -1.87. The normalized spacial score (nSPS) is 22.7. The molecule has 2 N–H and O–H groups in total. The number of aliphatic hydroxyl groups excluding tert-OH is 1. The van der Waals surface area contributed by atoms with Gasteiger partial charge in [-0.3, -0.25) is 4.79 Å². The van der Waals surface area contributed by atoms with Crippen LogP contribution in [-0.2, 0) is 4.79 Å². The highest BCUT2D eigenvalue weighted by molar-refractivity contribution is 5.87. The fourth-order valence-corrected chi connectivity index (χ4v) is 3.58. The van der Waals surface area contributed by atoms with Crippen molar-refractivity contribution in [1.29, 1.82) is 0 Å². The number of benzene rings is 2. The molecule has 0 aromatic heterocycles. The summed E-state index contributed by atoms with van der Waals surface area (Å²) in [6, 6.07) is 14.6. The van der Waals surface area contributed by atoms with Crippen molar-refractivity contribution in [1.82, 2.24) is 5.32 Å². The maximum absolute atomic E-state index is 12.6. The highest BCUT2D eigenvalue weighted by atomic mass is 16.3. The summed E-state index contributed by atoms with van der Waals surface area (Å²) in [5.74, 6) is 0.180. The Labute approximate surface area is 137 Å². The molecule has 2 aromatic carbocycles. The van der Waals surface area contributed by atoms with Crippen LogP contribution in [0.4, 0.5) is 0 Å². The van der Waals surface area contributed by atoms with Gasteiger partial charge in [0, 0.05) is 5.92 Å². The molecular formula is C20H25NO2. The second kappa shape index (κ2) is 7.14. The fourth-order valence-electron chi connectivity index (χ4n) is 3.58. The van der Waals surface area contributed by atoms with E-state index in [9.17, 15) is 9.90 Å². The zero-order chi connectivity index (χ0) is 16.2. The summed E-state index contributed by atoms with van der Waals surface area (Å²) in [5, 5.41) is 15.3. The summed E-state index contributed by atoms with van der Waals surface area (Å²) in [7, 11) is 0. The summed E-state index contributed by atoms with van der Waals surface area (Å²) in [5.41, 5.74) is 1.19. The number of fused-ring (bicyclic) bond motifs is 1. The Bertz CT molecular complexity index is 669. The third-order valence-corrected chi connectivity index (χ3v) is 4.99. The second-order valence-electron chi connectivity index (χ2n) is 6.54. The van der Waals surface area contributed by atoms with E-state index in [-0.39, 0.29) is 24.0 Å². The molecule has 23 heavy (non-hydrogen) atoms. The molecule has 0 bridgehead atoms. The molecule has 0 radical (unpaired) electrons. The van der Waals surface area contributed by atoms with Gasteiger partial charge >= 0.3 is 0 Å². The first-order valence-corrected chi connectivity index (χ1v) is 8.65. The highest BCUT2D eigenvalue weighted by Gasteiger charge is 2.27. The van der Waals surface area contributed by atoms with E-state index in [1.54, 1.807) is 0 Å². The Morgan fingerprint density at radius 1 is 1.13 bits per heavy atom. The minimum absolute atomic E-state index is 0.0421. The first-order valence-electron chi connectivity index (χ1n) is 8.65. The van der Waals surface area contributed by atoms with Crippen LogP contribution in [0.5, 0.6) is 0 Å². The maximum atomic E-state index is 12.6. The van der Waals surface area contributed by atoms with Gasteiger partial charge in [-0.2, -0.15) is 0 Å². The van der Waals surface area contributed by atoms with Crippen molar-refractivity contribution in [2.24, 2.45) is 5.92 Å². The lowest BCUT2D eigenvalue weighted by Gasteiger charge is -2.27. The predicted octanol–water partition coefficient (Wildman–Crippen LogP) is 3.96. The van der Waals surface area contributed by atoms with Crippen molar-refractivity contribution in [3.8, 4) is 0 Å². The first kappa shape index (κ1) is 16.0. The smallest absolute Gasteiger partial charge is 0.223 e. The number of aliphatic hydroxyl groups is 1. The number of amides is 1. The van der Waals surface area contributed by atoms with E-state index in [1.807, 2.05) is 12.1 Å². The Balaban J connectivity index is 1.78. The quantitative estimate of drug-likeness (QED) is 0.898. The molecule has 1 aliphatic rings. The third kappa shape index (κ3) is 3.56. The lowest BCUT2D eigenvalue weighted by Crippen LogP contribution is -2.36. The number of nitrogens with one attached hydrogen (secondary N) is 1. The van der Waals surface area contributed by atoms with Crippen molar-refractivity contribution in [2.45, 2.75) is 51.2 Å². The van der Waals surface area contributed by atoms with Crippen LogP contribution in [0.25, 0.3) is 10.8 Å². The lowest BCUT2D eigenvalue weighted by molar-refractivity contribution is -0.127. The van der Waals surface area contributed by atoms with Crippen LogP contribution in [0.2, 0.25) is 0 Å². The Kier molecular flexibility index (Phi) is 4.97. The minimum atomic E-state index is -0.223. The van der Waals surface area contributed by atoms with Crippen LogP contribution < -0.4 is 5.32 Å². The summed E-state index contributed by atoms with van der Waals surface area (Å²) < 4.78 is 0. The van der Waals surface area contributed by atoms with Gasteiger partial charge < -0.3 is 10.4 Å². The Morgan fingerprint density at radius 2 is 1.83 bits per heavy atom. The number of hydrogen-bond donors (Lipinski definition) is 2. The van der Waals surface area contributed by atoms with Crippen molar-refractivity contribution >= 4 is 16.7 Å². The highest BCUT2D eigenvalue weighted by Crippen LogP contribution is 2.29. The van der Waals surface area contributed by atoms with Gasteiger partial charge in [0.15, 0.2) is 0 Å². The molecule has 1 atom stereocenters. The molecule has 1 saturated carbocycles. The van der Waals surface area contributed by atoms with Gasteiger partial charge in [-0.15, -0.1) is 0 Å². The topological polar surface area (TPSA) is 49.3 Å². The van der Waals surface area contributed by atoms with E-state index in [0.29, 0.717) is 0 Å². The summed E-state index contributed by atoms with van der Waals surface area (Å²) >= 11 is 0. The SMILES string of the molecule is CCC(NC(=O)C1CCC(O)CC1)c1cccc2ccccc12. The molecule has 0 aliphatic heterocycles. The van der Waals surface area contributed by atoms with E-state index < -0.39 is 0 Å². The molecule has 0 spiro atoms. The first-order chi connectivity index (χ1) is 11.2. The average molecular weight is 311 g/mol. The standard InChI is InChI=1S/C20H25NO2/c1-2-19(21-20(23)15-10-12-16(22)13-11-15)18-9-5-7-14-6-3-4-8-17(14)18/h3-9,15-16,19,22H,2,10-13H2,1H3,(H,21,23). The molecule has 0 heterocycles. The maximum Gasteiger partial charge on any atom is 0.223 e. The molecule has 1 unspecified atom stereocenters. The average Bonchev–Trinajstić information content (AvgIpc) is 2.59. The second-order valence-corrected chi connectivity index (χ2v) is 6.54. The van der Waals surface area contributed by atoms with E-state index in [4.69, 9.17) is 0 Å². The Morgan fingerprint density at radius 3 is 2.57 bits per heavy atom. The van der Waals surface area contributed by atoms with Gasteiger partial charge in [0.2, 0.25) is 5.91 Å². The van der Waals surface area contributed by atoms with E-state index >= 15 is 0 Å². The van der Waals surface area contributed by atoms with Crippen LogP contribution in [0.1, 0.15) is 50.6 Å². The summed E-state index contributed by atoms with van der Waals surface area (Å²) in [6.07, 6.45) is 3.71. The molecule has 3 rings (SSSR count). The summed E-state index contributed by atoms with van der Waals surface area (Å²) in [4.78, 5) is 12.6. The lowest BCUT2D eigenvalue weighted by atomic mass is 9.86. The summed E-state index contributed by atoms with van der Waals surface area (Å²) in [6.45, 7) is 2.11. The monoisotopic (exact) mass is 311 g/mol. The van der Waals surface area contributed by atoms with Crippen molar-refractivity contribution in [3.63, 3.8) is 0 Å². The minimum Gasteiger partial charge on any atom is -0.393 e. The molecular weight excluding hydrogens is 286 g/mol. The van der Waals surface area contributed by atoms with Gasteiger partial charge in [0.05, 0.1) is 12.1 Å². The van der Waals surface area contributed by atoms with Gasteiger partial charge in [-0.25, -0.2) is 0 Å². The number of hydrogen-bond acceptors (Lipinski definition) is 2. The molecule has 1 amide bonds. The van der Waals surface area contributed by atoms with E-state index in [0.717, 1.165) is 32.1 Å². The van der Waals surface area contributed by atoms with Crippen LogP contribution in [0, 0.1) is 5.92 Å². The van der Waals surface area contributed by atoms with Crippen LogP contribution >= 0.6 is 0 Å². The zero-order valence-electron chi connectivity index (χ0n) is 13.7. The molecule has 1 aliphatic carbocycles. The van der Waals surface area contributed by atoms with Gasteiger partial charge in [0.25, 0.3) is 0 Å². The fraction of sp³-hybridized carbons (Fsp3) is 0.450. The predicted molar refractivity (Wildman–Crippen MR) is 93.1 cm³/mol. The molecule has 3 nitrogen and oxygen atoms in total. The zero-order valence-corrected chi connectivity index (χ0v) is 13.7.